The van der Waals surface area contributed by atoms with E-state index in [1.807, 2.05) is 5.38 Å². The standard InChI is InChI=1S/C15H14N2O4S2/c1-16-14(19)5-10-6-22-15(17-10)23-7-11(18)9-2-3-12-13(4-9)21-8-20-12/h2-4,6H,5,7-8H2,1H3,(H,16,19). The van der Waals surface area contributed by atoms with Crippen LogP contribution in [-0.4, -0.2) is 36.3 Å². The first kappa shape index (κ1) is 15.8. The van der Waals surface area contributed by atoms with Gasteiger partial charge in [-0.05, 0) is 18.2 Å². The van der Waals surface area contributed by atoms with Gasteiger partial charge in [-0.3, -0.25) is 9.59 Å². The minimum atomic E-state index is -0.0803. The van der Waals surface area contributed by atoms with Crippen molar-refractivity contribution in [2.24, 2.45) is 0 Å². The molecule has 0 radical (unpaired) electrons. The molecule has 0 saturated carbocycles. The summed E-state index contributed by atoms with van der Waals surface area (Å²) in [6, 6.07) is 5.17. The number of Topliss-reactive ketones (excluding diaryl/α,β-unsaturated/α-hetero) is 1. The maximum atomic E-state index is 12.2. The fourth-order valence-electron chi connectivity index (χ4n) is 1.97. The molecule has 1 aromatic heterocycles. The zero-order valence-electron chi connectivity index (χ0n) is 12.3. The number of nitrogens with zero attached hydrogens (tertiary/aromatic N) is 1. The third-order valence-corrected chi connectivity index (χ3v) is 5.24. The van der Waals surface area contributed by atoms with Gasteiger partial charge in [0.1, 0.15) is 0 Å². The summed E-state index contributed by atoms with van der Waals surface area (Å²) in [5.74, 6) is 1.46. The van der Waals surface area contributed by atoms with Gasteiger partial charge in [0.05, 0.1) is 17.9 Å². The largest absolute Gasteiger partial charge is 0.454 e. The molecule has 6 nitrogen and oxygen atoms in total. The van der Waals surface area contributed by atoms with E-state index in [2.05, 4.69) is 10.3 Å². The Bertz CT molecular complexity index is 745. The van der Waals surface area contributed by atoms with Crippen LogP contribution in [0.5, 0.6) is 11.5 Å². The Labute approximate surface area is 141 Å². The number of ether oxygens (including phenoxy) is 2. The molecule has 2 heterocycles. The summed E-state index contributed by atoms with van der Waals surface area (Å²) < 4.78 is 11.3. The van der Waals surface area contributed by atoms with Gasteiger partial charge < -0.3 is 14.8 Å². The molecule has 120 valence electrons. The SMILES string of the molecule is CNC(=O)Cc1csc(SCC(=O)c2ccc3c(c2)OCO3)n1. The summed E-state index contributed by atoms with van der Waals surface area (Å²) in [6.45, 7) is 0.189. The second-order valence-corrected chi connectivity index (χ2v) is 6.82. The Morgan fingerprint density at radius 1 is 1.35 bits per heavy atom. The van der Waals surface area contributed by atoms with Gasteiger partial charge in [0.2, 0.25) is 12.7 Å². The lowest BCUT2D eigenvalue weighted by molar-refractivity contribution is -0.120. The number of thioether (sulfide) groups is 1. The number of aromatic nitrogens is 1. The quantitative estimate of drug-likeness (QED) is 0.635. The molecule has 1 amide bonds. The minimum absolute atomic E-state index is 0.00338. The van der Waals surface area contributed by atoms with Crippen LogP contribution in [0.25, 0.3) is 0 Å². The van der Waals surface area contributed by atoms with E-state index in [-0.39, 0.29) is 30.7 Å². The van der Waals surface area contributed by atoms with Crippen LogP contribution < -0.4 is 14.8 Å². The average molecular weight is 350 g/mol. The van der Waals surface area contributed by atoms with E-state index in [1.54, 1.807) is 25.2 Å². The molecule has 0 bridgehead atoms. The van der Waals surface area contributed by atoms with Crippen LogP contribution in [0.2, 0.25) is 0 Å². The molecule has 0 fully saturated rings. The lowest BCUT2D eigenvalue weighted by atomic mass is 10.1. The van der Waals surface area contributed by atoms with Crippen LogP contribution in [0, 0.1) is 0 Å². The normalized spacial score (nSPS) is 12.2. The summed E-state index contributed by atoms with van der Waals surface area (Å²) in [6.07, 6.45) is 0.254. The van der Waals surface area contributed by atoms with E-state index < -0.39 is 0 Å². The van der Waals surface area contributed by atoms with E-state index in [0.717, 1.165) is 4.34 Å². The molecule has 0 saturated heterocycles. The number of rotatable bonds is 6. The number of fused-ring (bicyclic) bond motifs is 1. The fraction of sp³-hybridized carbons (Fsp3) is 0.267. The number of ketones is 1. The summed E-state index contributed by atoms with van der Waals surface area (Å²) >= 11 is 2.80. The highest BCUT2D eigenvalue weighted by Gasteiger charge is 2.17. The predicted molar refractivity (Wildman–Crippen MR) is 87.5 cm³/mol. The molecule has 0 spiro atoms. The van der Waals surface area contributed by atoms with Crippen LogP contribution >= 0.6 is 23.1 Å². The summed E-state index contributed by atoms with van der Waals surface area (Å²) in [4.78, 5) is 27.9. The van der Waals surface area contributed by atoms with Gasteiger partial charge in [-0.15, -0.1) is 11.3 Å². The third kappa shape index (κ3) is 3.83. The first-order valence-corrected chi connectivity index (χ1v) is 8.73. The van der Waals surface area contributed by atoms with Crippen molar-refractivity contribution in [1.82, 2.24) is 10.3 Å². The molecule has 23 heavy (non-hydrogen) atoms. The lowest BCUT2D eigenvalue weighted by Crippen LogP contribution is -2.20. The van der Waals surface area contributed by atoms with Gasteiger partial charge >= 0.3 is 0 Å². The molecule has 1 aliphatic rings. The van der Waals surface area contributed by atoms with Gasteiger partial charge in [-0.1, -0.05) is 11.8 Å². The van der Waals surface area contributed by atoms with Crippen molar-refractivity contribution < 1.29 is 19.1 Å². The Morgan fingerprint density at radius 3 is 3.00 bits per heavy atom. The smallest absolute Gasteiger partial charge is 0.231 e. The van der Waals surface area contributed by atoms with Crippen molar-refractivity contribution in [3.8, 4) is 11.5 Å². The van der Waals surface area contributed by atoms with Crippen molar-refractivity contribution in [1.29, 1.82) is 0 Å². The number of carbonyl (C=O) groups excluding carboxylic acids is 2. The first-order chi connectivity index (χ1) is 11.2. The second-order valence-electron chi connectivity index (χ2n) is 4.73. The Hall–Kier alpha value is -2.06. The number of hydrogen-bond acceptors (Lipinski definition) is 7. The topological polar surface area (TPSA) is 77.5 Å². The van der Waals surface area contributed by atoms with Gasteiger partial charge in [-0.25, -0.2) is 4.98 Å². The van der Waals surface area contributed by atoms with Crippen molar-refractivity contribution >= 4 is 34.8 Å². The number of amides is 1. The first-order valence-electron chi connectivity index (χ1n) is 6.86. The Morgan fingerprint density at radius 2 is 2.17 bits per heavy atom. The zero-order valence-corrected chi connectivity index (χ0v) is 14.0. The third-order valence-electron chi connectivity index (χ3n) is 3.17. The molecular formula is C15H14N2O4S2. The minimum Gasteiger partial charge on any atom is -0.454 e. The molecule has 0 atom stereocenters. The maximum Gasteiger partial charge on any atom is 0.231 e. The van der Waals surface area contributed by atoms with Crippen molar-refractivity contribution in [3.05, 3.63) is 34.8 Å². The molecule has 1 aromatic carbocycles. The average Bonchev–Trinajstić information content (AvgIpc) is 3.20. The predicted octanol–water partition coefficient (Wildman–Crippen LogP) is 2.14. The van der Waals surface area contributed by atoms with Gasteiger partial charge in [0.15, 0.2) is 21.6 Å². The van der Waals surface area contributed by atoms with Crippen LogP contribution in [0.15, 0.2) is 27.9 Å². The number of nitrogens with one attached hydrogen (secondary N) is 1. The van der Waals surface area contributed by atoms with E-state index in [9.17, 15) is 9.59 Å². The van der Waals surface area contributed by atoms with E-state index >= 15 is 0 Å². The number of hydrogen-bond donors (Lipinski definition) is 1. The second kappa shape index (κ2) is 7.01. The molecule has 1 N–H and O–H groups in total. The van der Waals surface area contributed by atoms with Crippen molar-refractivity contribution in [3.63, 3.8) is 0 Å². The number of benzene rings is 1. The fourth-order valence-corrected chi connectivity index (χ4v) is 3.71. The summed E-state index contributed by atoms with van der Waals surface area (Å²) in [5.41, 5.74) is 1.30. The van der Waals surface area contributed by atoms with Gasteiger partial charge in [-0.2, -0.15) is 0 Å². The molecule has 8 heteroatoms. The van der Waals surface area contributed by atoms with Gasteiger partial charge in [0, 0.05) is 18.0 Å². The highest BCUT2D eigenvalue weighted by molar-refractivity contribution is 8.01. The van der Waals surface area contributed by atoms with E-state index in [0.29, 0.717) is 22.8 Å². The molecule has 0 aliphatic carbocycles. The van der Waals surface area contributed by atoms with Crippen molar-refractivity contribution in [2.75, 3.05) is 19.6 Å². The molecule has 3 rings (SSSR count). The molecule has 0 unspecified atom stereocenters. The van der Waals surface area contributed by atoms with E-state index in [1.165, 1.54) is 23.1 Å². The number of thiazole rings is 1. The van der Waals surface area contributed by atoms with Crippen LogP contribution in [0.4, 0.5) is 0 Å². The summed E-state index contributed by atoms with van der Waals surface area (Å²) in [7, 11) is 1.59. The van der Waals surface area contributed by atoms with Crippen LogP contribution in [-0.2, 0) is 11.2 Å². The Balaban J connectivity index is 1.58. The Kier molecular flexibility index (Phi) is 4.82. The molecule has 2 aromatic rings. The lowest BCUT2D eigenvalue weighted by Gasteiger charge is -2.01. The maximum absolute atomic E-state index is 12.2. The number of carbonyl (C=O) groups is 2. The summed E-state index contributed by atoms with van der Waals surface area (Å²) in [5, 5.41) is 4.39. The molecule has 1 aliphatic heterocycles. The van der Waals surface area contributed by atoms with Crippen LogP contribution in [0.1, 0.15) is 16.1 Å². The van der Waals surface area contributed by atoms with Crippen LogP contribution in [0.3, 0.4) is 0 Å². The van der Waals surface area contributed by atoms with E-state index in [4.69, 9.17) is 9.47 Å². The van der Waals surface area contributed by atoms with Gasteiger partial charge in [0.25, 0.3) is 0 Å². The van der Waals surface area contributed by atoms with Crippen molar-refractivity contribution in [2.45, 2.75) is 10.8 Å². The number of likely N-dealkylation sites (N-methyl/N-ethyl adjacent to an activating group) is 1. The zero-order chi connectivity index (χ0) is 16.2. The highest BCUT2D eigenvalue weighted by atomic mass is 32.2. The highest BCUT2D eigenvalue weighted by Crippen LogP contribution is 2.33. The molecular weight excluding hydrogens is 336 g/mol. The monoisotopic (exact) mass is 350 g/mol.